The Kier molecular flexibility index (Phi) is 5.93. The zero-order valence-electron chi connectivity index (χ0n) is 16.3. The van der Waals surface area contributed by atoms with Crippen LogP contribution >= 0.6 is 12.2 Å². The molecule has 0 saturated carbocycles. The molecule has 0 fully saturated rings. The van der Waals surface area contributed by atoms with Crippen LogP contribution in [0.1, 0.15) is 35.8 Å². The molecule has 0 aromatic heterocycles. The molecule has 150 valence electrons. The number of carbonyl (C=O) groups is 1. The van der Waals surface area contributed by atoms with Gasteiger partial charge in [-0.2, -0.15) is 0 Å². The normalized spacial score (nSPS) is 16.4. The molecule has 1 aliphatic heterocycles. The second-order valence-electron chi connectivity index (χ2n) is 6.51. The summed E-state index contributed by atoms with van der Waals surface area (Å²) in [6.45, 7) is 4.39. The highest BCUT2D eigenvalue weighted by Gasteiger charge is 2.34. The molecule has 0 radical (unpaired) electrons. The Labute approximate surface area is 174 Å². The molecule has 2 aromatic carbocycles. The Morgan fingerprint density at radius 2 is 1.97 bits per heavy atom. The molecule has 2 aromatic rings. The van der Waals surface area contributed by atoms with Crippen molar-refractivity contribution in [3.63, 3.8) is 0 Å². The van der Waals surface area contributed by atoms with Crippen LogP contribution in [-0.4, -0.2) is 34.4 Å². The number of hydrogen-bond acceptors (Lipinski definition) is 5. The Morgan fingerprint density at radius 3 is 2.55 bits per heavy atom. The third-order valence-corrected chi connectivity index (χ3v) is 5.26. The fraction of sp³-hybridized carbons (Fsp3) is 0.238. The number of rotatable bonds is 6. The lowest BCUT2D eigenvalue weighted by Gasteiger charge is -2.37. The van der Waals surface area contributed by atoms with Crippen LogP contribution in [0.4, 0.5) is 5.69 Å². The molecule has 0 amide bonds. The van der Waals surface area contributed by atoms with Gasteiger partial charge in [-0.3, -0.25) is 14.9 Å². The first-order valence-electron chi connectivity index (χ1n) is 9.09. The van der Waals surface area contributed by atoms with Gasteiger partial charge in [0, 0.05) is 29.4 Å². The van der Waals surface area contributed by atoms with Gasteiger partial charge in [0.15, 0.2) is 16.6 Å². The average Bonchev–Trinajstić information content (AvgIpc) is 2.73. The van der Waals surface area contributed by atoms with Gasteiger partial charge in [-0.1, -0.05) is 36.4 Å². The van der Waals surface area contributed by atoms with Crippen molar-refractivity contribution in [1.82, 2.24) is 10.2 Å². The minimum absolute atomic E-state index is 0.153. The van der Waals surface area contributed by atoms with E-state index in [0.717, 1.165) is 5.70 Å². The highest BCUT2D eigenvalue weighted by atomic mass is 32.1. The van der Waals surface area contributed by atoms with Gasteiger partial charge < -0.3 is 15.0 Å². The van der Waals surface area contributed by atoms with Crippen LogP contribution in [0.3, 0.4) is 0 Å². The maximum absolute atomic E-state index is 13.4. The monoisotopic (exact) mass is 411 g/mol. The van der Waals surface area contributed by atoms with E-state index < -0.39 is 11.0 Å². The second kappa shape index (κ2) is 8.40. The van der Waals surface area contributed by atoms with Crippen molar-refractivity contribution >= 4 is 28.8 Å². The van der Waals surface area contributed by atoms with Gasteiger partial charge in [0.25, 0.3) is 0 Å². The van der Waals surface area contributed by atoms with E-state index in [-0.39, 0.29) is 17.2 Å². The number of allylic oxidation sites excluding steroid dienone is 1. The smallest absolute Gasteiger partial charge is 0.311 e. The molecule has 1 heterocycles. The van der Waals surface area contributed by atoms with Gasteiger partial charge in [0.2, 0.25) is 0 Å². The number of nitro groups is 1. The average molecular weight is 411 g/mol. The number of hydrogen-bond donors (Lipinski definition) is 1. The van der Waals surface area contributed by atoms with E-state index in [4.69, 9.17) is 17.0 Å². The second-order valence-corrected chi connectivity index (χ2v) is 6.90. The van der Waals surface area contributed by atoms with Crippen LogP contribution in [0.25, 0.3) is 0 Å². The molecule has 29 heavy (non-hydrogen) atoms. The fourth-order valence-corrected chi connectivity index (χ4v) is 3.86. The zero-order valence-corrected chi connectivity index (χ0v) is 17.2. The van der Waals surface area contributed by atoms with Crippen LogP contribution in [0.5, 0.6) is 5.75 Å². The number of nitrogens with zero attached hydrogens (tertiary/aromatic N) is 2. The van der Waals surface area contributed by atoms with E-state index in [2.05, 4.69) is 5.32 Å². The van der Waals surface area contributed by atoms with Crippen LogP contribution < -0.4 is 10.1 Å². The number of Topliss-reactive ketones (excluding diaryl/α,β-unsaturated/α-hetero) is 1. The van der Waals surface area contributed by atoms with Crippen LogP contribution in [-0.2, 0) is 0 Å². The summed E-state index contributed by atoms with van der Waals surface area (Å²) in [5.74, 6) is 0.00368. The van der Waals surface area contributed by atoms with E-state index in [1.807, 2.05) is 24.8 Å². The molecule has 1 unspecified atom stereocenters. The molecule has 0 spiro atoms. The summed E-state index contributed by atoms with van der Waals surface area (Å²) in [7, 11) is 1.38. The number of benzene rings is 2. The summed E-state index contributed by atoms with van der Waals surface area (Å²) in [4.78, 5) is 26.2. The van der Waals surface area contributed by atoms with Crippen molar-refractivity contribution in [2.45, 2.75) is 19.9 Å². The standard InChI is InChI=1S/C21H21N3O4S/c1-4-23-13(2)18(20(25)14-8-6-5-7-9-14)19(22-21(23)29)15-10-11-17(28-3)16(12-15)24(26)27/h5-12,19H,4H2,1-3H3,(H,22,29). The minimum Gasteiger partial charge on any atom is -0.490 e. The fourth-order valence-electron chi connectivity index (χ4n) is 3.48. The van der Waals surface area contributed by atoms with Crippen molar-refractivity contribution in [3.8, 4) is 5.75 Å². The molecular formula is C21H21N3O4S. The third kappa shape index (κ3) is 3.84. The van der Waals surface area contributed by atoms with E-state index >= 15 is 0 Å². The Morgan fingerprint density at radius 1 is 1.28 bits per heavy atom. The maximum Gasteiger partial charge on any atom is 0.311 e. The van der Waals surface area contributed by atoms with Gasteiger partial charge in [-0.05, 0) is 37.7 Å². The minimum atomic E-state index is -0.609. The lowest BCUT2D eigenvalue weighted by Crippen LogP contribution is -2.47. The van der Waals surface area contributed by atoms with Crippen LogP contribution in [0, 0.1) is 10.1 Å². The number of thiocarbonyl (C=S) groups is 1. The van der Waals surface area contributed by atoms with Gasteiger partial charge >= 0.3 is 5.69 Å². The summed E-state index contributed by atoms with van der Waals surface area (Å²) in [6, 6.07) is 13.0. The summed E-state index contributed by atoms with van der Waals surface area (Å²) >= 11 is 5.48. The highest BCUT2D eigenvalue weighted by Crippen LogP contribution is 2.36. The summed E-state index contributed by atoms with van der Waals surface area (Å²) in [5, 5.41) is 15.1. The van der Waals surface area contributed by atoms with Gasteiger partial charge in [0.05, 0.1) is 18.1 Å². The summed E-state index contributed by atoms with van der Waals surface area (Å²) in [5.41, 5.74) is 2.18. The molecule has 3 rings (SSSR count). The van der Waals surface area contributed by atoms with Crippen LogP contribution in [0.2, 0.25) is 0 Å². The van der Waals surface area contributed by atoms with Crippen molar-refractivity contribution in [1.29, 1.82) is 0 Å². The van der Waals surface area contributed by atoms with Crippen molar-refractivity contribution in [2.75, 3.05) is 13.7 Å². The number of nitrogens with one attached hydrogen (secondary N) is 1. The predicted molar refractivity (Wildman–Crippen MR) is 114 cm³/mol. The Balaban J connectivity index is 2.17. The van der Waals surface area contributed by atoms with E-state index in [9.17, 15) is 14.9 Å². The van der Waals surface area contributed by atoms with E-state index in [1.54, 1.807) is 30.3 Å². The van der Waals surface area contributed by atoms with Gasteiger partial charge in [-0.15, -0.1) is 0 Å². The van der Waals surface area contributed by atoms with Crippen LogP contribution in [0.15, 0.2) is 59.8 Å². The first-order valence-corrected chi connectivity index (χ1v) is 9.50. The van der Waals surface area contributed by atoms with E-state index in [0.29, 0.717) is 28.4 Å². The van der Waals surface area contributed by atoms with E-state index in [1.165, 1.54) is 19.2 Å². The highest BCUT2D eigenvalue weighted by molar-refractivity contribution is 7.80. The SMILES string of the molecule is CCN1C(=S)NC(c2ccc(OC)c([N+](=O)[O-])c2)C(C(=O)c2ccccc2)=C1C. The predicted octanol–water partition coefficient (Wildman–Crippen LogP) is 4.01. The summed E-state index contributed by atoms with van der Waals surface area (Å²) in [6.07, 6.45) is 0. The number of ketones is 1. The molecule has 1 N–H and O–H groups in total. The molecular weight excluding hydrogens is 390 g/mol. The summed E-state index contributed by atoms with van der Waals surface area (Å²) < 4.78 is 5.09. The molecule has 0 saturated heterocycles. The molecule has 0 bridgehead atoms. The lowest BCUT2D eigenvalue weighted by atomic mass is 9.89. The molecule has 7 nitrogen and oxygen atoms in total. The first kappa shape index (κ1) is 20.5. The Bertz CT molecular complexity index is 1000. The topological polar surface area (TPSA) is 84.7 Å². The van der Waals surface area contributed by atoms with Crippen molar-refractivity contribution < 1.29 is 14.5 Å². The molecule has 8 heteroatoms. The first-order chi connectivity index (χ1) is 13.9. The number of ether oxygens (including phenoxy) is 1. The van der Waals surface area contributed by atoms with Crippen molar-refractivity contribution in [3.05, 3.63) is 81.0 Å². The van der Waals surface area contributed by atoms with Crippen molar-refractivity contribution in [2.24, 2.45) is 0 Å². The number of nitro benzene ring substituents is 1. The Hall–Kier alpha value is -3.26. The maximum atomic E-state index is 13.4. The third-order valence-electron chi connectivity index (χ3n) is 4.93. The molecule has 1 aliphatic rings. The number of methoxy groups -OCH3 is 1. The van der Waals surface area contributed by atoms with Gasteiger partial charge in [-0.25, -0.2) is 0 Å². The molecule has 0 aliphatic carbocycles. The number of carbonyl (C=O) groups excluding carboxylic acids is 1. The van der Waals surface area contributed by atoms with Gasteiger partial charge in [0.1, 0.15) is 0 Å². The zero-order chi connectivity index (χ0) is 21.1. The quantitative estimate of drug-likeness (QED) is 0.333. The molecule has 1 atom stereocenters. The largest absolute Gasteiger partial charge is 0.490 e. The lowest BCUT2D eigenvalue weighted by molar-refractivity contribution is -0.385.